The van der Waals surface area contributed by atoms with Gasteiger partial charge in [0.05, 0.1) is 5.57 Å². The second-order valence-electron chi connectivity index (χ2n) is 4.53. The molecule has 1 heterocycles. The molecule has 0 radical (unpaired) electrons. The van der Waals surface area contributed by atoms with E-state index in [1.807, 2.05) is 0 Å². The van der Waals surface area contributed by atoms with Crippen molar-refractivity contribution in [2.45, 2.75) is 71.8 Å². The Bertz CT molecular complexity index is 256. The monoisotopic (exact) mass is 224 g/mol. The van der Waals surface area contributed by atoms with Crippen molar-refractivity contribution in [2.24, 2.45) is 0 Å². The zero-order chi connectivity index (χ0) is 12.0. The molecule has 0 N–H and O–H groups in total. The Hall–Kier alpha value is -0.790. The topological polar surface area (TPSA) is 26.3 Å². The summed E-state index contributed by atoms with van der Waals surface area (Å²) in [7, 11) is 0. The number of carbonyl (C=O) groups is 1. The predicted octanol–water partition coefficient (Wildman–Crippen LogP) is 4.00. The standard InChI is InChI=1S/C14H24O2/c1-4-7-9-11(10-8-5-2)13-12(6-3)16-14(13)15/h12H,4-10H2,1-3H3/t12-/m0/s1. The molecule has 0 aliphatic carbocycles. The molecular formula is C14H24O2. The van der Waals surface area contributed by atoms with Crippen LogP contribution in [0.25, 0.3) is 0 Å². The van der Waals surface area contributed by atoms with Gasteiger partial charge in [-0.2, -0.15) is 0 Å². The molecule has 1 aliphatic heterocycles. The zero-order valence-electron chi connectivity index (χ0n) is 10.8. The predicted molar refractivity (Wildman–Crippen MR) is 66.2 cm³/mol. The van der Waals surface area contributed by atoms with Gasteiger partial charge in [0.1, 0.15) is 6.10 Å². The third kappa shape index (κ3) is 3.10. The van der Waals surface area contributed by atoms with E-state index in [0.717, 1.165) is 24.8 Å². The van der Waals surface area contributed by atoms with Crippen LogP contribution in [0.1, 0.15) is 65.7 Å². The highest BCUT2D eigenvalue weighted by Gasteiger charge is 2.36. The molecule has 1 rings (SSSR count). The van der Waals surface area contributed by atoms with Gasteiger partial charge in [0.2, 0.25) is 0 Å². The van der Waals surface area contributed by atoms with E-state index in [4.69, 9.17) is 4.74 Å². The summed E-state index contributed by atoms with van der Waals surface area (Å²) in [6.07, 6.45) is 7.93. The Balaban J connectivity index is 2.70. The van der Waals surface area contributed by atoms with E-state index in [0.29, 0.717) is 0 Å². The highest BCUT2D eigenvalue weighted by molar-refractivity contribution is 5.96. The lowest BCUT2D eigenvalue weighted by atomic mass is 9.90. The molecule has 16 heavy (non-hydrogen) atoms. The number of unbranched alkanes of at least 4 members (excludes halogenated alkanes) is 2. The van der Waals surface area contributed by atoms with Crippen molar-refractivity contribution in [3.8, 4) is 0 Å². The van der Waals surface area contributed by atoms with Crippen LogP contribution in [0.4, 0.5) is 0 Å². The van der Waals surface area contributed by atoms with Gasteiger partial charge in [-0.25, -0.2) is 4.79 Å². The number of hydrogen-bond acceptors (Lipinski definition) is 2. The minimum absolute atomic E-state index is 0.0611. The normalized spacial score (nSPS) is 19.3. The summed E-state index contributed by atoms with van der Waals surface area (Å²) in [5.41, 5.74) is 2.37. The maximum atomic E-state index is 11.5. The first-order chi connectivity index (χ1) is 7.74. The average molecular weight is 224 g/mol. The molecule has 1 atom stereocenters. The van der Waals surface area contributed by atoms with Gasteiger partial charge in [0.25, 0.3) is 0 Å². The second-order valence-corrected chi connectivity index (χ2v) is 4.53. The Morgan fingerprint density at radius 3 is 2.06 bits per heavy atom. The minimum atomic E-state index is -0.0611. The van der Waals surface area contributed by atoms with E-state index in [1.165, 1.54) is 31.3 Å². The van der Waals surface area contributed by atoms with Crippen LogP contribution in [0.3, 0.4) is 0 Å². The van der Waals surface area contributed by atoms with E-state index in [1.54, 1.807) is 0 Å². The Kier molecular flexibility index (Phi) is 5.58. The van der Waals surface area contributed by atoms with Crippen LogP contribution in [0.5, 0.6) is 0 Å². The van der Waals surface area contributed by atoms with E-state index >= 15 is 0 Å². The van der Waals surface area contributed by atoms with Gasteiger partial charge in [-0.05, 0) is 32.1 Å². The first-order valence-electron chi connectivity index (χ1n) is 6.67. The van der Waals surface area contributed by atoms with E-state index in [-0.39, 0.29) is 12.1 Å². The number of ether oxygens (including phenoxy) is 1. The summed E-state index contributed by atoms with van der Waals surface area (Å²) in [5, 5.41) is 0. The fourth-order valence-electron chi connectivity index (χ4n) is 2.16. The third-order valence-corrected chi connectivity index (χ3v) is 3.21. The molecule has 0 aromatic rings. The molecule has 0 unspecified atom stereocenters. The summed E-state index contributed by atoms with van der Waals surface area (Å²) < 4.78 is 5.14. The maximum absolute atomic E-state index is 11.5. The Morgan fingerprint density at radius 2 is 1.69 bits per heavy atom. The summed E-state index contributed by atoms with van der Waals surface area (Å²) in [6.45, 7) is 6.46. The van der Waals surface area contributed by atoms with Gasteiger partial charge in [-0.15, -0.1) is 0 Å². The molecule has 1 saturated heterocycles. The summed E-state index contributed by atoms with van der Waals surface area (Å²) in [5.74, 6) is -0.0611. The smallest absolute Gasteiger partial charge is 0.338 e. The van der Waals surface area contributed by atoms with Crippen molar-refractivity contribution in [3.63, 3.8) is 0 Å². The zero-order valence-corrected chi connectivity index (χ0v) is 10.8. The number of esters is 1. The SMILES string of the molecule is CCCCC(CCCC)=C1C(=O)O[C@H]1CC. The summed E-state index contributed by atoms with van der Waals surface area (Å²) in [6, 6.07) is 0. The van der Waals surface area contributed by atoms with Crippen molar-refractivity contribution in [2.75, 3.05) is 0 Å². The quantitative estimate of drug-likeness (QED) is 0.482. The van der Waals surface area contributed by atoms with Gasteiger partial charge in [0, 0.05) is 0 Å². The second kappa shape index (κ2) is 6.72. The maximum Gasteiger partial charge on any atom is 0.338 e. The average Bonchev–Trinajstić information content (AvgIpc) is 2.28. The Labute approximate surface area is 99.1 Å². The lowest BCUT2D eigenvalue weighted by Gasteiger charge is -2.31. The number of carbonyl (C=O) groups excluding carboxylic acids is 1. The summed E-state index contributed by atoms with van der Waals surface area (Å²) in [4.78, 5) is 11.5. The number of allylic oxidation sites excluding steroid dienone is 1. The molecular weight excluding hydrogens is 200 g/mol. The van der Waals surface area contributed by atoms with Crippen molar-refractivity contribution in [3.05, 3.63) is 11.1 Å². The van der Waals surface area contributed by atoms with Gasteiger partial charge in [-0.3, -0.25) is 0 Å². The molecule has 2 nitrogen and oxygen atoms in total. The molecule has 0 amide bonds. The van der Waals surface area contributed by atoms with Crippen LogP contribution < -0.4 is 0 Å². The highest BCUT2D eigenvalue weighted by Crippen LogP contribution is 2.31. The third-order valence-electron chi connectivity index (χ3n) is 3.21. The molecule has 2 heteroatoms. The van der Waals surface area contributed by atoms with Gasteiger partial charge in [-0.1, -0.05) is 39.2 Å². The summed E-state index contributed by atoms with van der Waals surface area (Å²) >= 11 is 0. The first kappa shape index (κ1) is 13.3. The number of rotatable bonds is 7. The van der Waals surface area contributed by atoms with Crippen molar-refractivity contribution in [1.29, 1.82) is 0 Å². The van der Waals surface area contributed by atoms with E-state index in [2.05, 4.69) is 20.8 Å². The highest BCUT2D eigenvalue weighted by atomic mass is 16.6. The minimum Gasteiger partial charge on any atom is -0.454 e. The molecule has 1 fully saturated rings. The van der Waals surface area contributed by atoms with Gasteiger partial charge >= 0.3 is 5.97 Å². The van der Waals surface area contributed by atoms with Crippen LogP contribution in [0.2, 0.25) is 0 Å². The van der Waals surface area contributed by atoms with Gasteiger partial charge in [0.15, 0.2) is 0 Å². The van der Waals surface area contributed by atoms with Crippen LogP contribution in [-0.2, 0) is 9.53 Å². The van der Waals surface area contributed by atoms with Crippen molar-refractivity contribution < 1.29 is 9.53 Å². The van der Waals surface area contributed by atoms with Crippen LogP contribution in [0, 0.1) is 0 Å². The molecule has 0 aromatic carbocycles. The molecule has 0 spiro atoms. The lowest BCUT2D eigenvalue weighted by molar-refractivity contribution is -0.156. The first-order valence-corrected chi connectivity index (χ1v) is 6.67. The van der Waals surface area contributed by atoms with Gasteiger partial charge < -0.3 is 4.74 Å². The fourth-order valence-corrected chi connectivity index (χ4v) is 2.16. The van der Waals surface area contributed by atoms with Crippen LogP contribution in [-0.4, -0.2) is 12.1 Å². The molecule has 1 aliphatic rings. The lowest BCUT2D eigenvalue weighted by Crippen LogP contribution is -2.37. The molecule has 0 saturated carbocycles. The number of cyclic esters (lactones) is 1. The largest absolute Gasteiger partial charge is 0.454 e. The van der Waals surface area contributed by atoms with Crippen molar-refractivity contribution in [1.82, 2.24) is 0 Å². The fraction of sp³-hybridized carbons (Fsp3) is 0.786. The van der Waals surface area contributed by atoms with Crippen molar-refractivity contribution >= 4 is 5.97 Å². The Morgan fingerprint density at radius 1 is 1.12 bits per heavy atom. The van der Waals surface area contributed by atoms with Crippen LogP contribution in [0.15, 0.2) is 11.1 Å². The molecule has 0 bridgehead atoms. The molecule has 0 aromatic heterocycles. The number of hydrogen-bond donors (Lipinski definition) is 0. The molecule has 92 valence electrons. The van der Waals surface area contributed by atoms with E-state index < -0.39 is 0 Å². The van der Waals surface area contributed by atoms with Crippen LogP contribution >= 0.6 is 0 Å². The van der Waals surface area contributed by atoms with E-state index in [9.17, 15) is 4.79 Å².